The predicted molar refractivity (Wildman–Crippen MR) is 92.8 cm³/mol. The van der Waals surface area contributed by atoms with Crippen molar-refractivity contribution in [1.29, 1.82) is 5.26 Å². The maximum absolute atomic E-state index is 12.7. The molecule has 1 aromatic carbocycles. The average Bonchev–Trinajstić information content (AvgIpc) is 3.22. The molecular weight excluding hydrogens is 395 g/mol. The Hall–Kier alpha value is -3.26. The highest BCUT2D eigenvalue weighted by Crippen LogP contribution is 2.35. The lowest BCUT2D eigenvalue weighted by molar-refractivity contribution is -0.145. The van der Waals surface area contributed by atoms with Gasteiger partial charge in [0.25, 0.3) is 0 Å². The Morgan fingerprint density at radius 2 is 1.93 bits per heavy atom. The number of aromatic nitrogens is 4. The fraction of sp³-hybridized carbons (Fsp3) is 0.235. The molecule has 0 aliphatic heterocycles. The highest BCUT2D eigenvalue weighted by atomic mass is 32.1. The predicted octanol–water partition coefficient (Wildman–Crippen LogP) is 3.79. The van der Waals surface area contributed by atoms with Crippen LogP contribution in [0, 0.1) is 18.3 Å². The van der Waals surface area contributed by atoms with Gasteiger partial charge in [-0.25, -0.2) is 4.98 Å². The zero-order valence-electron chi connectivity index (χ0n) is 14.6. The molecule has 0 spiro atoms. The Morgan fingerprint density at radius 1 is 1.25 bits per heavy atom. The van der Waals surface area contributed by atoms with E-state index in [1.807, 2.05) is 6.07 Å². The minimum absolute atomic E-state index is 0.000443. The third-order valence-corrected chi connectivity index (χ3v) is 4.64. The normalized spacial score (nSPS) is 11.3. The van der Waals surface area contributed by atoms with Crippen LogP contribution < -0.4 is 0 Å². The van der Waals surface area contributed by atoms with Gasteiger partial charge in [-0.05, 0) is 19.1 Å². The second-order valence-corrected chi connectivity index (χ2v) is 6.85. The molecule has 0 bridgehead atoms. The molecule has 0 saturated heterocycles. The summed E-state index contributed by atoms with van der Waals surface area (Å²) in [5.74, 6) is -0.521. The average molecular weight is 407 g/mol. The highest BCUT2D eigenvalue weighted by Gasteiger charge is 2.30. The first kappa shape index (κ1) is 19.5. The topological polar surface area (TPSA) is 93.7 Å². The fourth-order valence-corrected chi connectivity index (χ4v) is 3.25. The molecule has 144 valence electrons. The van der Waals surface area contributed by atoms with E-state index in [2.05, 4.69) is 15.2 Å². The summed E-state index contributed by atoms with van der Waals surface area (Å²) in [5, 5.41) is 17.9. The van der Waals surface area contributed by atoms with Crippen molar-refractivity contribution in [2.45, 2.75) is 26.8 Å². The summed E-state index contributed by atoms with van der Waals surface area (Å²) >= 11 is 1.26. The molecule has 0 aliphatic carbocycles. The van der Waals surface area contributed by atoms with Crippen LogP contribution in [0.1, 0.15) is 23.1 Å². The molecule has 7 nitrogen and oxygen atoms in total. The number of esters is 1. The molecule has 0 atom stereocenters. The van der Waals surface area contributed by atoms with Crippen molar-refractivity contribution in [3.05, 3.63) is 40.4 Å². The van der Waals surface area contributed by atoms with Crippen LogP contribution in [0.3, 0.4) is 0 Å². The van der Waals surface area contributed by atoms with Crippen molar-refractivity contribution >= 4 is 17.3 Å². The van der Waals surface area contributed by atoms with Crippen molar-refractivity contribution in [2.24, 2.45) is 0 Å². The van der Waals surface area contributed by atoms with Gasteiger partial charge in [0.15, 0.2) is 11.4 Å². The molecule has 0 unspecified atom stereocenters. The lowest BCUT2D eigenvalue weighted by atomic mass is 10.1. The largest absolute Gasteiger partial charge is 0.441 e. The molecular formula is C17H12F3N5O2S. The molecule has 28 heavy (non-hydrogen) atoms. The quantitative estimate of drug-likeness (QED) is 0.611. The van der Waals surface area contributed by atoms with E-state index in [-0.39, 0.29) is 18.1 Å². The summed E-state index contributed by atoms with van der Waals surface area (Å²) in [6.07, 6.45) is -4.41. The van der Waals surface area contributed by atoms with Crippen LogP contribution in [-0.2, 0) is 22.4 Å². The van der Waals surface area contributed by atoms with Gasteiger partial charge < -0.3 is 4.74 Å². The first-order valence-corrected chi connectivity index (χ1v) is 8.64. The summed E-state index contributed by atoms with van der Waals surface area (Å²) in [7, 11) is 0. The Labute approximate surface area is 161 Å². The number of hydrogen-bond acceptors (Lipinski definition) is 7. The number of halogens is 3. The Balaban J connectivity index is 1.94. The van der Waals surface area contributed by atoms with Gasteiger partial charge in [-0.3, -0.25) is 4.79 Å². The van der Waals surface area contributed by atoms with Gasteiger partial charge in [0, 0.05) is 17.4 Å². The first-order valence-electron chi connectivity index (χ1n) is 7.83. The van der Waals surface area contributed by atoms with E-state index in [0.717, 1.165) is 16.9 Å². The SMILES string of the molecule is CC(=O)OCn1nc(C#N)c(-c2nc(-c3ccc(C(F)(F)F)cc3)sc2C)n1. The molecule has 0 amide bonds. The smallest absolute Gasteiger partial charge is 0.416 e. The maximum Gasteiger partial charge on any atom is 0.416 e. The molecule has 3 rings (SSSR count). The summed E-state index contributed by atoms with van der Waals surface area (Å²) < 4.78 is 43.0. The van der Waals surface area contributed by atoms with Crippen LogP contribution in [0.15, 0.2) is 24.3 Å². The third kappa shape index (κ3) is 4.01. The highest BCUT2D eigenvalue weighted by molar-refractivity contribution is 7.15. The lowest BCUT2D eigenvalue weighted by Gasteiger charge is -2.06. The monoisotopic (exact) mass is 407 g/mol. The number of rotatable bonds is 4. The van der Waals surface area contributed by atoms with Crippen LogP contribution in [0.2, 0.25) is 0 Å². The molecule has 2 aromatic heterocycles. The van der Waals surface area contributed by atoms with Crippen LogP contribution in [0.4, 0.5) is 13.2 Å². The summed E-state index contributed by atoms with van der Waals surface area (Å²) in [5.41, 5.74) is 0.370. The van der Waals surface area contributed by atoms with Crippen LogP contribution in [0.25, 0.3) is 22.0 Å². The number of alkyl halides is 3. The van der Waals surface area contributed by atoms with E-state index in [1.54, 1.807) is 6.92 Å². The number of nitrogens with zero attached hydrogens (tertiary/aromatic N) is 5. The van der Waals surface area contributed by atoms with Crippen LogP contribution in [0.5, 0.6) is 0 Å². The van der Waals surface area contributed by atoms with Gasteiger partial charge >= 0.3 is 12.1 Å². The maximum atomic E-state index is 12.7. The van der Waals surface area contributed by atoms with E-state index in [1.165, 1.54) is 30.4 Å². The molecule has 0 N–H and O–H groups in total. The van der Waals surface area contributed by atoms with Crippen LogP contribution in [-0.4, -0.2) is 25.9 Å². The summed E-state index contributed by atoms with van der Waals surface area (Å²) in [6.45, 7) is 2.74. The summed E-state index contributed by atoms with van der Waals surface area (Å²) in [6, 6.07) is 6.56. The fourth-order valence-electron chi connectivity index (χ4n) is 2.33. The zero-order valence-corrected chi connectivity index (χ0v) is 15.4. The second-order valence-electron chi connectivity index (χ2n) is 5.65. The standard InChI is InChI=1S/C17H12F3N5O2S/c1-9-14(15-13(7-21)23-25(24-15)8-27-10(2)26)22-16(28-9)11-3-5-12(6-4-11)17(18,19)20/h3-6H,8H2,1-2H3. The first-order chi connectivity index (χ1) is 13.2. The number of carbonyl (C=O) groups is 1. The van der Waals surface area contributed by atoms with E-state index < -0.39 is 17.7 Å². The van der Waals surface area contributed by atoms with Crippen LogP contribution >= 0.6 is 11.3 Å². The minimum atomic E-state index is -4.41. The molecule has 2 heterocycles. The molecule has 3 aromatic rings. The molecule has 0 saturated carbocycles. The van der Waals surface area contributed by atoms with Crippen molar-refractivity contribution in [3.8, 4) is 28.0 Å². The lowest BCUT2D eigenvalue weighted by Crippen LogP contribution is -2.09. The number of carbonyl (C=O) groups excluding carboxylic acids is 1. The number of benzene rings is 1. The second kappa shape index (κ2) is 7.40. The number of thiazole rings is 1. The molecule has 0 aliphatic rings. The zero-order chi connectivity index (χ0) is 20.5. The number of aryl methyl sites for hydroxylation is 1. The Bertz CT molecular complexity index is 1060. The number of ether oxygens (including phenoxy) is 1. The Kier molecular flexibility index (Phi) is 5.15. The summed E-state index contributed by atoms with van der Waals surface area (Å²) in [4.78, 5) is 17.1. The van der Waals surface area contributed by atoms with Crippen molar-refractivity contribution in [3.63, 3.8) is 0 Å². The van der Waals surface area contributed by atoms with Gasteiger partial charge in [0.05, 0.1) is 5.56 Å². The van der Waals surface area contributed by atoms with E-state index in [0.29, 0.717) is 21.1 Å². The van der Waals surface area contributed by atoms with E-state index in [9.17, 15) is 23.2 Å². The van der Waals surface area contributed by atoms with E-state index >= 15 is 0 Å². The Morgan fingerprint density at radius 3 is 2.50 bits per heavy atom. The van der Waals surface area contributed by atoms with Gasteiger partial charge in [0.2, 0.25) is 6.73 Å². The van der Waals surface area contributed by atoms with Crippen molar-refractivity contribution in [2.75, 3.05) is 0 Å². The van der Waals surface area contributed by atoms with Gasteiger partial charge in [-0.15, -0.1) is 26.3 Å². The van der Waals surface area contributed by atoms with Gasteiger partial charge in [-0.2, -0.15) is 18.4 Å². The van der Waals surface area contributed by atoms with Gasteiger partial charge in [0.1, 0.15) is 16.8 Å². The van der Waals surface area contributed by atoms with E-state index in [4.69, 9.17) is 4.74 Å². The molecule has 0 radical (unpaired) electrons. The number of hydrogen-bond donors (Lipinski definition) is 0. The minimum Gasteiger partial charge on any atom is -0.441 e. The van der Waals surface area contributed by atoms with Crippen molar-refractivity contribution in [1.82, 2.24) is 20.0 Å². The molecule has 11 heteroatoms. The number of nitriles is 1. The third-order valence-electron chi connectivity index (χ3n) is 3.62. The molecule has 0 fully saturated rings. The van der Waals surface area contributed by atoms with Gasteiger partial charge in [-0.1, -0.05) is 12.1 Å². The van der Waals surface area contributed by atoms with Crippen molar-refractivity contribution < 1.29 is 22.7 Å².